The molecular formula is C12H17NO2. The lowest BCUT2D eigenvalue weighted by molar-refractivity contribution is -0.140. The van der Waals surface area contributed by atoms with E-state index in [-0.39, 0.29) is 5.97 Å². The first-order valence-electron chi connectivity index (χ1n) is 4.98. The highest BCUT2D eigenvalue weighted by Gasteiger charge is 2.04. The summed E-state index contributed by atoms with van der Waals surface area (Å²) in [5, 5.41) is 0. The highest BCUT2D eigenvalue weighted by atomic mass is 16.5. The lowest BCUT2D eigenvalue weighted by atomic mass is 10.2. The predicted molar refractivity (Wildman–Crippen MR) is 61.1 cm³/mol. The Labute approximate surface area is 90.7 Å². The first-order valence-corrected chi connectivity index (χ1v) is 4.98. The molecule has 0 saturated carbocycles. The van der Waals surface area contributed by atoms with Gasteiger partial charge in [-0.1, -0.05) is 12.1 Å². The van der Waals surface area contributed by atoms with Crippen LogP contribution in [0.15, 0.2) is 24.3 Å². The second-order valence-electron chi connectivity index (χ2n) is 3.59. The Morgan fingerprint density at radius 3 is 2.80 bits per heavy atom. The van der Waals surface area contributed by atoms with Gasteiger partial charge in [0.15, 0.2) is 0 Å². The summed E-state index contributed by atoms with van der Waals surface area (Å²) < 4.78 is 4.59. The maximum atomic E-state index is 11.0. The van der Waals surface area contributed by atoms with Gasteiger partial charge in [0.1, 0.15) is 0 Å². The zero-order chi connectivity index (χ0) is 11.3. The van der Waals surface area contributed by atoms with E-state index in [1.807, 2.05) is 24.1 Å². The van der Waals surface area contributed by atoms with Crippen molar-refractivity contribution in [2.75, 3.05) is 25.6 Å². The minimum absolute atomic E-state index is 0.172. The zero-order valence-electron chi connectivity index (χ0n) is 9.49. The molecule has 0 aliphatic rings. The number of carbonyl (C=O) groups is 1. The van der Waals surface area contributed by atoms with E-state index >= 15 is 0 Å². The SMILES string of the molecule is COC(=O)CCN(C)c1cccc(C)c1. The molecule has 0 unspecified atom stereocenters. The highest BCUT2D eigenvalue weighted by Crippen LogP contribution is 2.14. The van der Waals surface area contributed by atoms with E-state index in [0.717, 1.165) is 5.69 Å². The molecule has 0 bridgehead atoms. The molecule has 0 N–H and O–H groups in total. The topological polar surface area (TPSA) is 29.5 Å². The number of hydrogen-bond acceptors (Lipinski definition) is 3. The van der Waals surface area contributed by atoms with Crippen molar-refractivity contribution in [1.82, 2.24) is 0 Å². The van der Waals surface area contributed by atoms with Crippen molar-refractivity contribution in [2.24, 2.45) is 0 Å². The van der Waals surface area contributed by atoms with Crippen molar-refractivity contribution in [3.05, 3.63) is 29.8 Å². The first-order chi connectivity index (χ1) is 7.13. The summed E-state index contributed by atoms with van der Waals surface area (Å²) in [4.78, 5) is 13.0. The fourth-order valence-electron chi connectivity index (χ4n) is 1.36. The minimum atomic E-state index is -0.172. The summed E-state index contributed by atoms with van der Waals surface area (Å²) >= 11 is 0. The van der Waals surface area contributed by atoms with Crippen LogP contribution in [0.5, 0.6) is 0 Å². The zero-order valence-corrected chi connectivity index (χ0v) is 9.49. The fourth-order valence-corrected chi connectivity index (χ4v) is 1.36. The summed E-state index contributed by atoms with van der Waals surface area (Å²) in [5.41, 5.74) is 2.34. The van der Waals surface area contributed by atoms with E-state index in [4.69, 9.17) is 0 Å². The van der Waals surface area contributed by atoms with Crippen molar-refractivity contribution < 1.29 is 9.53 Å². The standard InChI is InChI=1S/C12H17NO2/c1-10-5-4-6-11(9-10)13(2)8-7-12(14)15-3/h4-6,9H,7-8H2,1-3H3. The third-order valence-electron chi connectivity index (χ3n) is 2.32. The average molecular weight is 207 g/mol. The van der Waals surface area contributed by atoms with Crippen molar-refractivity contribution in [3.8, 4) is 0 Å². The molecule has 1 rings (SSSR count). The Morgan fingerprint density at radius 1 is 1.47 bits per heavy atom. The number of rotatable bonds is 4. The van der Waals surface area contributed by atoms with Crippen LogP contribution >= 0.6 is 0 Å². The van der Waals surface area contributed by atoms with Gasteiger partial charge < -0.3 is 9.64 Å². The van der Waals surface area contributed by atoms with Gasteiger partial charge >= 0.3 is 5.97 Å². The maximum absolute atomic E-state index is 11.0. The quantitative estimate of drug-likeness (QED) is 0.707. The Morgan fingerprint density at radius 2 is 2.20 bits per heavy atom. The van der Waals surface area contributed by atoms with E-state index in [0.29, 0.717) is 13.0 Å². The molecule has 15 heavy (non-hydrogen) atoms. The number of methoxy groups -OCH3 is 1. The van der Waals surface area contributed by atoms with Crippen molar-refractivity contribution in [3.63, 3.8) is 0 Å². The number of anilines is 1. The van der Waals surface area contributed by atoms with E-state index in [1.165, 1.54) is 12.7 Å². The molecule has 0 saturated heterocycles. The minimum Gasteiger partial charge on any atom is -0.469 e. The van der Waals surface area contributed by atoms with Gasteiger partial charge in [0.25, 0.3) is 0 Å². The molecule has 1 aromatic carbocycles. The summed E-state index contributed by atoms with van der Waals surface area (Å²) in [6.07, 6.45) is 0.418. The van der Waals surface area contributed by atoms with Gasteiger partial charge in [0, 0.05) is 19.3 Å². The number of esters is 1. The van der Waals surface area contributed by atoms with Crippen molar-refractivity contribution in [2.45, 2.75) is 13.3 Å². The van der Waals surface area contributed by atoms with Gasteiger partial charge in [-0.3, -0.25) is 4.79 Å². The largest absolute Gasteiger partial charge is 0.469 e. The number of aryl methyl sites for hydroxylation is 1. The average Bonchev–Trinajstić information content (AvgIpc) is 2.25. The van der Waals surface area contributed by atoms with Gasteiger partial charge in [-0.2, -0.15) is 0 Å². The Balaban J connectivity index is 2.53. The monoisotopic (exact) mass is 207 g/mol. The summed E-state index contributed by atoms with van der Waals surface area (Å²) in [6, 6.07) is 8.19. The molecule has 3 heteroatoms. The van der Waals surface area contributed by atoms with Crippen LogP contribution < -0.4 is 4.90 Å². The van der Waals surface area contributed by atoms with Gasteiger partial charge in [-0.15, -0.1) is 0 Å². The predicted octanol–water partition coefficient (Wildman–Crippen LogP) is 1.99. The summed E-state index contributed by atoms with van der Waals surface area (Å²) in [6.45, 7) is 2.73. The number of carbonyl (C=O) groups excluding carboxylic acids is 1. The second-order valence-corrected chi connectivity index (χ2v) is 3.59. The molecule has 0 radical (unpaired) electrons. The Hall–Kier alpha value is -1.51. The molecule has 0 amide bonds. The summed E-state index contributed by atoms with van der Waals surface area (Å²) in [7, 11) is 3.38. The Bertz CT molecular complexity index is 336. The molecule has 0 aliphatic heterocycles. The second kappa shape index (κ2) is 5.39. The van der Waals surface area contributed by atoms with Gasteiger partial charge in [-0.05, 0) is 24.6 Å². The molecule has 0 fully saturated rings. The maximum Gasteiger partial charge on any atom is 0.307 e. The molecular weight excluding hydrogens is 190 g/mol. The lowest BCUT2D eigenvalue weighted by Crippen LogP contribution is -2.21. The van der Waals surface area contributed by atoms with Crippen LogP contribution in [-0.4, -0.2) is 26.7 Å². The normalized spacial score (nSPS) is 9.80. The number of hydrogen-bond donors (Lipinski definition) is 0. The van der Waals surface area contributed by atoms with Crippen molar-refractivity contribution in [1.29, 1.82) is 0 Å². The molecule has 0 spiro atoms. The lowest BCUT2D eigenvalue weighted by Gasteiger charge is -2.18. The third-order valence-corrected chi connectivity index (χ3v) is 2.32. The van der Waals surface area contributed by atoms with Crippen molar-refractivity contribution >= 4 is 11.7 Å². The van der Waals surface area contributed by atoms with Crippen LogP contribution in [0.2, 0.25) is 0 Å². The van der Waals surface area contributed by atoms with E-state index in [9.17, 15) is 4.79 Å². The van der Waals surface area contributed by atoms with Crippen LogP contribution in [0, 0.1) is 6.92 Å². The number of ether oxygens (including phenoxy) is 1. The van der Waals surface area contributed by atoms with Crippen LogP contribution in [0.1, 0.15) is 12.0 Å². The van der Waals surface area contributed by atoms with Gasteiger partial charge in [-0.25, -0.2) is 0 Å². The molecule has 82 valence electrons. The van der Waals surface area contributed by atoms with Crippen LogP contribution in [-0.2, 0) is 9.53 Å². The smallest absolute Gasteiger partial charge is 0.307 e. The third kappa shape index (κ3) is 3.62. The van der Waals surface area contributed by atoms with Crippen LogP contribution in [0.4, 0.5) is 5.69 Å². The Kier molecular flexibility index (Phi) is 4.16. The molecule has 0 aromatic heterocycles. The number of benzene rings is 1. The molecule has 1 aromatic rings. The fraction of sp³-hybridized carbons (Fsp3) is 0.417. The molecule has 0 heterocycles. The van der Waals surface area contributed by atoms with Gasteiger partial charge in [0.05, 0.1) is 13.5 Å². The molecule has 3 nitrogen and oxygen atoms in total. The highest BCUT2D eigenvalue weighted by molar-refractivity contribution is 5.70. The van der Waals surface area contributed by atoms with E-state index < -0.39 is 0 Å². The molecule has 0 atom stereocenters. The van der Waals surface area contributed by atoms with E-state index in [1.54, 1.807) is 0 Å². The number of nitrogens with zero attached hydrogens (tertiary/aromatic N) is 1. The van der Waals surface area contributed by atoms with Gasteiger partial charge in [0.2, 0.25) is 0 Å². The van der Waals surface area contributed by atoms with E-state index in [2.05, 4.69) is 23.8 Å². The first kappa shape index (κ1) is 11.6. The van der Waals surface area contributed by atoms with Crippen LogP contribution in [0.3, 0.4) is 0 Å². The summed E-state index contributed by atoms with van der Waals surface area (Å²) in [5.74, 6) is -0.172. The van der Waals surface area contributed by atoms with Crippen LogP contribution in [0.25, 0.3) is 0 Å². The molecule has 0 aliphatic carbocycles.